The lowest BCUT2D eigenvalue weighted by atomic mass is 9.99. The summed E-state index contributed by atoms with van der Waals surface area (Å²) in [5, 5.41) is 2.97. The molecule has 3 heteroatoms. The van der Waals surface area contributed by atoms with Gasteiger partial charge in [-0.25, -0.2) is 0 Å². The average molecular weight is 184 g/mol. The van der Waals surface area contributed by atoms with E-state index in [9.17, 15) is 4.79 Å². The monoisotopic (exact) mass is 184 g/mol. The first kappa shape index (κ1) is 10.5. The molecule has 0 aromatic heterocycles. The van der Waals surface area contributed by atoms with Gasteiger partial charge in [-0.3, -0.25) is 4.79 Å². The van der Waals surface area contributed by atoms with Crippen molar-refractivity contribution in [2.24, 2.45) is 11.1 Å². The Balaban J connectivity index is 2.43. The number of amides is 1. The van der Waals surface area contributed by atoms with E-state index in [0.29, 0.717) is 12.5 Å². The highest BCUT2D eigenvalue weighted by molar-refractivity contribution is 5.86. The van der Waals surface area contributed by atoms with Gasteiger partial charge in [0.2, 0.25) is 5.91 Å². The molecular formula is C10H20N2O. The summed E-state index contributed by atoms with van der Waals surface area (Å²) < 4.78 is 0. The first-order valence-electron chi connectivity index (χ1n) is 4.89. The summed E-state index contributed by atoms with van der Waals surface area (Å²) in [6.45, 7) is 8.00. The molecule has 0 spiro atoms. The summed E-state index contributed by atoms with van der Waals surface area (Å²) in [7, 11) is 0. The van der Waals surface area contributed by atoms with Crippen molar-refractivity contribution in [2.45, 2.75) is 52.1 Å². The van der Waals surface area contributed by atoms with Crippen LogP contribution in [0.4, 0.5) is 0 Å². The fourth-order valence-corrected chi connectivity index (χ4v) is 1.20. The Hall–Kier alpha value is -0.570. The van der Waals surface area contributed by atoms with Crippen molar-refractivity contribution in [1.29, 1.82) is 0 Å². The number of carbonyl (C=O) groups excluding carboxylic acids is 1. The van der Waals surface area contributed by atoms with Gasteiger partial charge in [-0.1, -0.05) is 20.8 Å². The lowest BCUT2D eigenvalue weighted by Crippen LogP contribution is -2.52. The summed E-state index contributed by atoms with van der Waals surface area (Å²) in [5.74, 6) is -0.0226. The Labute approximate surface area is 80.1 Å². The third-order valence-corrected chi connectivity index (χ3v) is 3.07. The molecule has 1 fully saturated rings. The molecule has 3 nitrogen and oxygen atoms in total. The van der Waals surface area contributed by atoms with E-state index in [1.54, 1.807) is 6.92 Å². The smallest absolute Gasteiger partial charge is 0.240 e. The maximum absolute atomic E-state index is 11.6. The van der Waals surface area contributed by atoms with E-state index in [0.717, 1.165) is 6.42 Å². The Bertz CT molecular complexity index is 221. The fraction of sp³-hybridized carbons (Fsp3) is 0.900. The first-order chi connectivity index (χ1) is 5.79. The molecule has 13 heavy (non-hydrogen) atoms. The lowest BCUT2D eigenvalue weighted by Gasteiger charge is -2.22. The summed E-state index contributed by atoms with van der Waals surface area (Å²) in [4.78, 5) is 11.6. The van der Waals surface area contributed by atoms with Crippen molar-refractivity contribution in [3.05, 3.63) is 0 Å². The van der Waals surface area contributed by atoms with Gasteiger partial charge in [-0.05, 0) is 25.2 Å². The molecule has 0 aromatic carbocycles. The molecule has 2 unspecified atom stereocenters. The molecule has 1 amide bonds. The number of nitrogens with one attached hydrogen (secondary N) is 1. The standard InChI is InChI=1S/C10H20N2O/c1-5-10(4,11)8(13)12-7-6-9(7,2)3/h7H,5-6,11H2,1-4H3,(H,12,13). The van der Waals surface area contributed by atoms with Gasteiger partial charge in [-0.2, -0.15) is 0 Å². The predicted octanol–water partition coefficient (Wildman–Crippen LogP) is 1.03. The minimum absolute atomic E-state index is 0.0226. The Morgan fingerprint density at radius 2 is 2.15 bits per heavy atom. The first-order valence-corrected chi connectivity index (χ1v) is 4.89. The number of carbonyl (C=O) groups is 1. The highest BCUT2D eigenvalue weighted by atomic mass is 16.2. The number of rotatable bonds is 3. The average Bonchev–Trinajstić information content (AvgIpc) is 2.58. The summed E-state index contributed by atoms with van der Waals surface area (Å²) in [6, 6.07) is 0.328. The van der Waals surface area contributed by atoms with Crippen LogP contribution in [0.1, 0.15) is 40.5 Å². The molecule has 2 atom stereocenters. The van der Waals surface area contributed by atoms with Crippen LogP contribution in [0.3, 0.4) is 0 Å². The number of hydrogen-bond donors (Lipinski definition) is 2. The van der Waals surface area contributed by atoms with Gasteiger partial charge in [-0.15, -0.1) is 0 Å². The van der Waals surface area contributed by atoms with Gasteiger partial charge in [0.25, 0.3) is 0 Å². The third-order valence-electron chi connectivity index (χ3n) is 3.07. The van der Waals surface area contributed by atoms with E-state index in [1.807, 2.05) is 6.92 Å². The predicted molar refractivity (Wildman–Crippen MR) is 53.2 cm³/mol. The Morgan fingerprint density at radius 3 is 2.46 bits per heavy atom. The number of nitrogens with two attached hydrogens (primary N) is 1. The van der Waals surface area contributed by atoms with Crippen LogP contribution >= 0.6 is 0 Å². The van der Waals surface area contributed by atoms with Gasteiger partial charge in [0.05, 0.1) is 5.54 Å². The summed E-state index contributed by atoms with van der Waals surface area (Å²) >= 11 is 0. The summed E-state index contributed by atoms with van der Waals surface area (Å²) in [6.07, 6.45) is 1.74. The van der Waals surface area contributed by atoms with Crippen molar-refractivity contribution in [3.63, 3.8) is 0 Å². The van der Waals surface area contributed by atoms with Gasteiger partial charge in [0, 0.05) is 6.04 Å². The Morgan fingerprint density at radius 1 is 1.69 bits per heavy atom. The maximum atomic E-state index is 11.6. The van der Waals surface area contributed by atoms with E-state index in [1.165, 1.54) is 0 Å². The van der Waals surface area contributed by atoms with Gasteiger partial charge in [0.1, 0.15) is 0 Å². The third kappa shape index (κ3) is 2.21. The SMILES string of the molecule is CCC(C)(N)C(=O)NC1CC1(C)C. The van der Waals surface area contributed by atoms with Crippen molar-refractivity contribution in [1.82, 2.24) is 5.32 Å². The van der Waals surface area contributed by atoms with Crippen molar-refractivity contribution >= 4 is 5.91 Å². The zero-order valence-electron chi connectivity index (χ0n) is 8.98. The van der Waals surface area contributed by atoms with Gasteiger partial charge in [0.15, 0.2) is 0 Å². The molecule has 0 aromatic rings. The van der Waals surface area contributed by atoms with Crippen LogP contribution < -0.4 is 11.1 Å². The minimum atomic E-state index is -0.710. The zero-order valence-corrected chi connectivity index (χ0v) is 8.98. The molecule has 0 saturated heterocycles. The van der Waals surface area contributed by atoms with E-state index in [-0.39, 0.29) is 11.3 Å². The van der Waals surface area contributed by atoms with Crippen LogP contribution in [-0.4, -0.2) is 17.5 Å². The van der Waals surface area contributed by atoms with Crippen LogP contribution in [0.5, 0.6) is 0 Å². The summed E-state index contributed by atoms with van der Waals surface area (Å²) in [5.41, 5.74) is 5.38. The molecule has 0 heterocycles. The minimum Gasteiger partial charge on any atom is -0.351 e. The van der Waals surface area contributed by atoms with Gasteiger partial charge < -0.3 is 11.1 Å². The quantitative estimate of drug-likeness (QED) is 0.688. The van der Waals surface area contributed by atoms with Crippen LogP contribution in [0.2, 0.25) is 0 Å². The van der Waals surface area contributed by atoms with Crippen LogP contribution in [0.25, 0.3) is 0 Å². The fourth-order valence-electron chi connectivity index (χ4n) is 1.20. The molecule has 1 rings (SSSR count). The maximum Gasteiger partial charge on any atom is 0.240 e. The van der Waals surface area contributed by atoms with Crippen molar-refractivity contribution in [3.8, 4) is 0 Å². The molecular weight excluding hydrogens is 164 g/mol. The van der Waals surface area contributed by atoms with E-state index in [2.05, 4.69) is 19.2 Å². The van der Waals surface area contributed by atoms with Crippen LogP contribution in [0, 0.1) is 5.41 Å². The molecule has 1 saturated carbocycles. The van der Waals surface area contributed by atoms with Gasteiger partial charge >= 0.3 is 0 Å². The second-order valence-corrected chi connectivity index (χ2v) is 4.99. The highest BCUT2D eigenvalue weighted by Crippen LogP contribution is 2.44. The highest BCUT2D eigenvalue weighted by Gasteiger charge is 2.47. The van der Waals surface area contributed by atoms with Crippen molar-refractivity contribution < 1.29 is 4.79 Å². The largest absolute Gasteiger partial charge is 0.351 e. The Kier molecular flexibility index (Phi) is 2.41. The van der Waals surface area contributed by atoms with Crippen LogP contribution in [0.15, 0.2) is 0 Å². The molecule has 1 aliphatic rings. The van der Waals surface area contributed by atoms with Crippen molar-refractivity contribution in [2.75, 3.05) is 0 Å². The molecule has 1 aliphatic carbocycles. The van der Waals surface area contributed by atoms with E-state index in [4.69, 9.17) is 5.73 Å². The van der Waals surface area contributed by atoms with Crippen LogP contribution in [-0.2, 0) is 4.79 Å². The second kappa shape index (κ2) is 2.98. The number of hydrogen-bond acceptors (Lipinski definition) is 2. The second-order valence-electron chi connectivity index (χ2n) is 4.99. The zero-order chi connectivity index (χ0) is 10.3. The molecule has 3 N–H and O–H groups in total. The lowest BCUT2D eigenvalue weighted by molar-refractivity contribution is -0.126. The van der Waals surface area contributed by atoms with E-state index >= 15 is 0 Å². The normalized spacial score (nSPS) is 29.2. The molecule has 76 valence electrons. The molecule has 0 aliphatic heterocycles. The topological polar surface area (TPSA) is 55.1 Å². The molecule has 0 bridgehead atoms. The molecule has 0 radical (unpaired) electrons. The van der Waals surface area contributed by atoms with E-state index < -0.39 is 5.54 Å².